The Balaban J connectivity index is 2.26. The lowest BCUT2D eigenvalue weighted by molar-refractivity contribution is -0.133. The molecule has 0 saturated carbocycles. The predicted molar refractivity (Wildman–Crippen MR) is 74.5 cm³/mol. The molecule has 1 aliphatic rings. The largest absolute Gasteiger partial charge is 0.377 e. The summed E-state index contributed by atoms with van der Waals surface area (Å²) in [6, 6.07) is 5.96. The zero-order valence-corrected chi connectivity index (χ0v) is 12.3. The molecule has 0 radical (unpaired) electrons. The summed E-state index contributed by atoms with van der Waals surface area (Å²) in [5.41, 5.74) is 0.440. The maximum atomic E-state index is 13.0. The van der Waals surface area contributed by atoms with Gasteiger partial charge in [-0.15, -0.1) is 0 Å². The third-order valence-corrected chi connectivity index (χ3v) is 3.66. The highest BCUT2D eigenvalue weighted by Gasteiger charge is 2.39. The van der Waals surface area contributed by atoms with Gasteiger partial charge in [0.2, 0.25) is 5.91 Å². The fourth-order valence-corrected chi connectivity index (χ4v) is 2.34. The lowest BCUT2D eigenvalue weighted by Crippen LogP contribution is -2.43. The van der Waals surface area contributed by atoms with Gasteiger partial charge in [-0.25, -0.2) is 4.39 Å². The second kappa shape index (κ2) is 5.50. The molecular weight excluding hydrogens is 259 g/mol. The number of amides is 1. The van der Waals surface area contributed by atoms with Crippen molar-refractivity contribution < 1.29 is 13.9 Å². The van der Waals surface area contributed by atoms with Crippen LogP contribution in [0.5, 0.6) is 0 Å². The second-order valence-corrected chi connectivity index (χ2v) is 5.77. The van der Waals surface area contributed by atoms with Gasteiger partial charge in [0.25, 0.3) is 0 Å². The minimum absolute atomic E-state index is 0.0319. The predicted octanol–water partition coefficient (Wildman–Crippen LogP) is 2.07. The first-order valence-electron chi connectivity index (χ1n) is 6.71. The maximum Gasteiger partial charge on any atom is 0.241 e. The van der Waals surface area contributed by atoms with Crippen LogP contribution in [0, 0.1) is 5.82 Å². The summed E-state index contributed by atoms with van der Waals surface area (Å²) in [7, 11) is 1.63. The molecule has 1 heterocycles. The van der Waals surface area contributed by atoms with Crippen LogP contribution in [0.2, 0.25) is 0 Å². The number of carbonyl (C=O) groups is 1. The van der Waals surface area contributed by atoms with Gasteiger partial charge in [-0.3, -0.25) is 10.1 Å². The lowest BCUT2D eigenvalue weighted by Gasteiger charge is -2.32. The monoisotopic (exact) mass is 280 g/mol. The van der Waals surface area contributed by atoms with Crippen LogP contribution >= 0.6 is 0 Å². The Kier molecular flexibility index (Phi) is 4.11. The maximum absolute atomic E-state index is 13.0. The molecule has 0 spiro atoms. The topological polar surface area (TPSA) is 41.6 Å². The number of rotatable bonds is 4. The highest BCUT2D eigenvalue weighted by atomic mass is 19.1. The van der Waals surface area contributed by atoms with E-state index >= 15 is 0 Å². The molecule has 1 saturated heterocycles. The molecule has 1 aromatic rings. The van der Waals surface area contributed by atoms with E-state index in [1.54, 1.807) is 24.1 Å². The molecule has 0 bridgehead atoms. The van der Waals surface area contributed by atoms with Gasteiger partial charge in [-0.1, -0.05) is 12.1 Å². The normalized spacial score (nSPS) is 23.4. The Morgan fingerprint density at radius 3 is 2.50 bits per heavy atom. The number of nitrogens with zero attached hydrogens (tertiary/aromatic N) is 1. The molecular formula is C15H21FN2O2. The molecule has 1 N–H and O–H groups in total. The van der Waals surface area contributed by atoms with Crippen molar-refractivity contribution in [1.82, 2.24) is 10.2 Å². The van der Waals surface area contributed by atoms with Gasteiger partial charge >= 0.3 is 0 Å². The van der Waals surface area contributed by atoms with Crippen molar-refractivity contribution in [3.8, 4) is 0 Å². The summed E-state index contributed by atoms with van der Waals surface area (Å²) in [6.07, 6.45) is -0.243. The van der Waals surface area contributed by atoms with Crippen LogP contribution in [0.3, 0.4) is 0 Å². The number of halogens is 1. The van der Waals surface area contributed by atoms with Gasteiger partial charge in [-0.05, 0) is 38.5 Å². The van der Waals surface area contributed by atoms with Crippen molar-refractivity contribution in [2.75, 3.05) is 13.7 Å². The minimum atomic E-state index is -0.431. The zero-order chi connectivity index (χ0) is 14.9. The fraction of sp³-hybridized carbons (Fsp3) is 0.533. The van der Waals surface area contributed by atoms with Crippen molar-refractivity contribution in [3.05, 3.63) is 35.6 Å². The average Bonchev–Trinajstić information content (AvgIpc) is 2.68. The molecule has 2 atom stereocenters. The summed E-state index contributed by atoms with van der Waals surface area (Å²) < 4.78 is 18.4. The average molecular weight is 280 g/mol. The first kappa shape index (κ1) is 14.9. The van der Waals surface area contributed by atoms with Gasteiger partial charge in [0.05, 0.1) is 18.2 Å². The van der Waals surface area contributed by atoms with Crippen molar-refractivity contribution in [3.63, 3.8) is 0 Å². The molecule has 0 aromatic heterocycles. The van der Waals surface area contributed by atoms with Crippen LogP contribution in [0.15, 0.2) is 24.3 Å². The molecule has 1 amide bonds. The van der Waals surface area contributed by atoms with E-state index in [1.165, 1.54) is 12.1 Å². The number of hydrogen-bond donors (Lipinski definition) is 1. The smallest absolute Gasteiger partial charge is 0.241 e. The van der Waals surface area contributed by atoms with Crippen LogP contribution in [0.4, 0.5) is 4.39 Å². The fourth-order valence-electron chi connectivity index (χ4n) is 2.34. The van der Waals surface area contributed by atoms with Gasteiger partial charge < -0.3 is 9.64 Å². The first-order valence-corrected chi connectivity index (χ1v) is 6.71. The molecule has 1 aromatic carbocycles. The van der Waals surface area contributed by atoms with Crippen LogP contribution in [0.1, 0.15) is 32.5 Å². The molecule has 1 fully saturated rings. The number of nitrogens with one attached hydrogen (secondary N) is 1. The van der Waals surface area contributed by atoms with Crippen molar-refractivity contribution in [2.45, 2.75) is 38.6 Å². The van der Waals surface area contributed by atoms with E-state index in [9.17, 15) is 9.18 Å². The summed E-state index contributed by atoms with van der Waals surface area (Å²) in [5, 5.41) is 3.23. The van der Waals surface area contributed by atoms with Gasteiger partial charge in [-0.2, -0.15) is 0 Å². The molecule has 1 aliphatic heterocycles. The van der Waals surface area contributed by atoms with Crippen LogP contribution in [-0.2, 0) is 9.53 Å². The van der Waals surface area contributed by atoms with Crippen molar-refractivity contribution in [2.24, 2.45) is 0 Å². The molecule has 20 heavy (non-hydrogen) atoms. The minimum Gasteiger partial charge on any atom is -0.377 e. The Morgan fingerprint density at radius 2 is 1.95 bits per heavy atom. The van der Waals surface area contributed by atoms with Crippen LogP contribution in [0.25, 0.3) is 0 Å². The van der Waals surface area contributed by atoms with E-state index in [1.807, 2.05) is 20.8 Å². The lowest BCUT2D eigenvalue weighted by atomic mass is 10.1. The third kappa shape index (κ3) is 2.99. The van der Waals surface area contributed by atoms with Crippen molar-refractivity contribution >= 4 is 5.91 Å². The highest BCUT2D eigenvalue weighted by molar-refractivity contribution is 5.84. The molecule has 0 aliphatic carbocycles. The number of methoxy groups -OCH3 is 1. The third-order valence-electron chi connectivity index (χ3n) is 3.66. The molecule has 110 valence electrons. The highest BCUT2D eigenvalue weighted by Crippen LogP contribution is 2.27. The summed E-state index contributed by atoms with van der Waals surface area (Å²) >= 11 is 0. The van der Waals surface area contributed by atoms with Gasteiger partial charge in [0.15, 0.2) is 0 Å². The van der Waals surface area contributed by atoms with E-state index in [-0.39, 0.29) is 23.9 Å². The van der Waals surface area contributed by atoms with Crippen LogP contribution < -0.4 is 5.32 Å². The van der Waals surface area contributed by atoms with E-state index in [0.717, 1.165) is 5.56 Å². The van der Waals surface area contributed by atoms with E-state index in [2.05, 4.69) is 5.32 Å². The number of ether oxygens (including phenoxy) is 1. The van der Waals surface area contributed by atoms with E-state index in [4.69, 9.17) is 4.74 Å². The number of hydrogen-bond acceptors (Lipinski definition) is 3. The van der Waals surface area contributed by atoms with E-state index in [0.29, 0.717) is 6.54 Å². The Labute approximate surface area is 118 Å². The molecule has 2 rings (SSSR count). The second-order valence-electron chi connectivity index (χ2n) is 5.77. The Bertz CT molecular complexity index is 487. The quantitative estimate of drug-likeness (QED) is 0.918. The van der Waals surface area contributed by atoms with Crippen LogP contribution in [-0.4, -0.2) is 36.1 Å². The Hall–Kier alpha value is -1.46. The van der Waals surface area contributed by atoms with Gasteiger partial charge in [0.1, 0.15) is 12.0 Å². The van der Waals surface area contributed by atoms with Crippen molar-refractivity contribution in [1.29, 1.82) is 0 Å². The summed E-state index contributed by atoms with van der Waals surface area (Å²) in [6.45, 7) is 6.18. The number of carbonyl (C=O) groups excluding carboxylic acids is 1. The zero-order valence-electron chi connectivity index (χ0n) is 12.3. The SMILES string of the molecule is COC(C)(C)CN1C(=O)C(C)NC1c1ccc(F)cc1. The summed E-state index contributed by atoms with van der Waals surface area (Å²) in [4.78, 5) is 14.0. The van der Waals surface area contributed by atoms with Gasteiger partial charge in [0, 0.05) is 7.11 Å². The Morgan fingerprint density at radius 1 is 1.35 bits per heavy atom. The molecule has 2 unspecified atom stereocenters. The molecule has 4 nitrogen and oxygen atoms in total. The standard InChI is InChI=1S/C15H21FN2O2/c1-10-14(19)18(9-15(2,3)20-4)13(17-10)11-5-7-12(16)8-6-11/h5-8,10,13,17H,9H2,1-4H3. The number of benzene rings is 1. The summed E-state index contributed by atoms with van der Waals surface area (Å²) in [5.74, 6) is -0.251. The molecule has 5 heteroatoms. The first-order chi connectivity index (χ1) is 9.34. The van der Waals surface area contributed by atoms with E-state index < -0.39 is 5.60 Å².